The van der Waals surface area contributed by atoms with Gasteiger partial charge in [0.05, 0.1) is 5.60 Å². The SMILES string of the molecule is CCC(O)(/C=C\P(c1ccccc1)c1ccccc1)CC. The van der Waals surface area contributed by atoms with Crippen LogP contribution < -0.4 is 10.6 Å². The van der Waals surface area contributed by atoms with E-state index < -0.39 is 13.5 Å². The molecule has 0 aliphatic carbocycles. The van der Waals surface area contributed by atoms with Crippen molar-refractivity contribution < 1.29 is 5.11 Å². The van der Waals surface area contributed by atoms with Gasteiger partial charge < -0.3 is 5.11 Å². The lowest BCUT2D eigenvalue weighted by Crippen LogP contribution is -2.23. The Balaban J connectivity index is 2.36. The molecule has 0 spiro atoms. The zero-order valence-electron chi connectivity index (χ0n) is 12.7. The Morgan fingerprint density at radius 1 is 0.857 bits per heavy atom. The lowest BCUT2D eigenvalue weighted by atomic mass is 9.98. The van der Waals surface area contributed by atoms with E-state index in [0.717, 1.165) is 12.8 Å². The summed E-state index contributed by atoms with van der Waals surface area (Å²) >= 11 is 0. The predicted octanol–water partition coefficient (Wildman–Crippen LogP) is 4.18. The van der Waals surface area contributed by atoms with Crippen LogP contribution in [0.5, 0.6) is 0 Å². The summed E-state index contributed by atoms with van der Waals surface area (Å²) < 4.78 is 0. The second kappa shape index (κ2) is 7.54. The third-order valence-corrected chi connectivity index (χ3v) is 5.98. The Bertz CT molecular complexity index is 519. The average molecular weight is 298 g/mol. The van der Waals surface area contributed by atoms with Crippen molar-refractivity contribution in [3.05, 3.63) is 72.6 Å². The van der Waals surface area contributed by atoms with Crippen LogP contribution in [0.15, 0.2) is 72.6 Å². The molecule has 0 saturated carbocycles. The lowest BCUT2D eigenvalue weighted by Gasteiger charge is -2.22. The fourth-order valence-electron chi connectivity index (χ4n) is 2.20. The number of hydrogen-bond acceptors (Lipinski definition) is 1. The van der Waals surface area contributed by atoms with E-state index >= 15 is 0 Å². The fraction of sp³-hybridized carbons (Fsp3) is 0.263. The Hall–Kier alpha value is -1.43. The van der Waals surface area contributed by atoms with Gasteiger partial charge >= 0.3 is 0 Å². The molecule has 0 heterocycles. The third kappa shape index (κ3) is 4.27. The fourth-order valence-corrected chi connectivity index (χ4v) is 4.25. The molecule has 1 N–H and O–H groups in total. The maximum atomic E-state index is 10.5. The molecule has 21 heavy (non-hydrogen) atoms. The summed E-state index contributed by atoms with van der Waals surface area (Å²) in [4.78, 5) is 0. The van der Waals surface area contributed by atoms with Crippen LogP contribution in [-0.2, 0) is 0 Å². The first kappa shape index (κ1) is 15.9. The Morgan fingerprint density at radius 2 is 1.29 bits per heavy atom. The van der Waals surface area contributed by atoms with E-state index in [4.69, 9.17) is 0 Å². The van der Waals surface area contributed by atoms with Gasteiger partial charge in [0.25, 0.3) is 0 Å². The highest BCUT2D eigenvalue weighted by Gasteiger charge is 2.19. The van der Waals surface area contributed by atoms with Gasteiger partial charge in [0.1, 0.15) is 0 Å². The van der Waals surface area contributed by atoms with Crippen LogP contribution in [0, 0.1) is 0 Å². The van der Waals surface area contributed by atoms with Crippen LogP contribution in [0.2, 0.25) is 0 Å². The van der Waals surface area contributed by atoms with Gasteiger partial charge in [-0.25, -0.2) is 0 Å². The molecule has 110 valence electrons. The maximum absolute atomic E-state index is 10.5. The minimum absolute atomic E-state index is 0.567. The Kier molecular flexibility index (Phi) is 5.73. The molecule has 0 bridgehead atoms. The van der Waals surface area contributed by atoms with Crippen LogP contribution in [0.3, 0.4) is 0 Å². The molecule has 0 amide bonds. The van der Waals surface area contributed by atoms with Crippen LogP contribution in [-0.4, -0.2) is 10.7 Å². The van der Waals surface area contributed by atoms with Gasteiger partial charge in [0.2, 0.25) is 0 Å². The second-order valence-corrected chi connectivity index (χ2v) is 7.24. The lowest BCUT2D eigenvalue weighted by molar-refractivity contribution is 0.0830. The normalized spacial score (nSPS) is 12.2. The minimum atomic E-state index is -0.690. The molecule has 0 saturated heterocycles. The molecular formula is C19H23OP. The van der Waals surface area contributed by atoms with Crippen molar-refractivity contribution in [2.24, 2.45) is 0 Å². The van der Waals surface area contributed by atoms with Crippen molar-refractivity contribution in [2.75, 3.05) is 0 Å². The highest BCUT2D eigenvalue weighted by Crippen LogP contribution is 2.36. The summed E-state index contributed by atoms with van der Waals surface area (Å²) in [5.41, 5.74) is -0.690. The molecule has 2 heteroatoms. The first-order valence-corrected chi connectivity index (χ1v) is 8.90. The molecule has 2 rings (SSSR count). The predicted molar refractivity (Wildman–Crippen MR) is 93.7 cm³/mol. The summed E-state index contributed by atoms with van der Waals surface area (Å²) in [5.74, 6) is 2.20. The van der Waals surface area contributed by atoms with Crippen molar-refractivity contribution in [1.29, 1.82) is 0 Å². The summed E-state index contributed by atoms with van der Waals surface area (Å²) in [6.45, 7) is 4.06. The summed E-state index contributed by atoms with van der Waals surface area (Å²) in [5, 5.41) is 13.1. The van der Waals surface area contributed by atoms with E-state index in [-0.39, 0.29) is 0 Å². The van der Waals surface area contributed by atoms with Crippen molar-refractivity contribution in [3.8, 4) is 0 Å². The second-order valence-electron chi connectivity index (χ2n) is 5.17. The molecule has 1 nitrogen and oxygen atoms in total. The van der Waals surface area contributed by atoms with Gasteiger partial charge in [-0.05, 0) is 31.4 Å². The van der Waals surface area contributed by atoms with Crippen LogP contribution in [0.4, 0.5) is 0 Å². The molecule has 0 radical (unpaired) electrons. The van der Waals surface area contributed by atoms with Crippen molar-refractivity contribution in [3.63, 3.8) is 0 Å². The highest BCUT2D eigenvalue weighted by atomic mass is 31.1. The summed E-state index contributed by atoms with van der Waals surface area (Å²) in [6.07, 6.45) is 3.48. The molecule has 0 atom stereocenters. The van der Waals surface area contributed by atoms with Gasteiger partial charge in [0, 0.05) is 0 Å². The summed E-state index contributed by atoms with van der Waals surface area (Å²) in [7, 11) is -0.567. The van der Waals surface area contributed by atoms with Crippen LogP contribution in [0.25, 0.3) is 0 Å². The first-order valence-electron chi connectivity index (χ1n) is 7.49. The van der Waals surface area contributed by atoms with E-state index in [1.54, 1.807) is 0 Å². The summed E-state index contributed by atoms with van der Waals surface area (Å²) in [6, 6.07) is 21.1. The Morgan fingerprint density at radius 3 is 1.67 bits per heavy atom. The third-order valence-electron chi connectivity index (χ3n) is 3.83. The van der Waals surface area contributed by atoms with E-state index in [9.17, 15) is 5.11 Å². The monoisotopic (exact) mass is 298 g/mol. The van der Waals surface area contributed by atoms with Gasteiger partial charge in [-0.2, -0.15) is 0 Å². The molecule has 0 unspecified atom stereocenters. The maximum Gasteiger partial charge on any atom is 0.0826 e. The number of hydrogen-bond donors (Lipinski definition) is 1. The molecule has 0 fully saturated rings. The zero-order valence-corrected chi connectivity index (χ0v) is 13.6. The van der Waals surface area contributed by atoms with Gasteiger partial charge in [0.15, 0.2) is 0 Å². The Labute approximate surface area is 129 Å². The standard InChI is InChI=1S/C19H23OP/c1-3-19(20,4-2)15-16-21(17-11-7-5-8-12-17)18-13-9-6-10-14-18/h5-16,20H,3-4H2,1-2H3/b16-15-. The quantitative estimate of drug-likeness (QED) is 0.793. The average Bonchev–Trinajstić information content (AvgIpc) is 2.57. The van der Waals surface area contributed by atoms with Gasteiger partial charge in [-0.3, -0.25) is 0 Å². The number of benzene rings is 2. The molecule has 0 aromatic heterocycles. The smallest absolute Gasteiger partial charge is 0.0826 e. The molecule has 2 aromatic rings. The zero-order chi connectivity index (χ0) is 15.1. The topological polar surface area (TPSA) is 20.2 Å². The molecule has 0 aliphatic heterocycles. The van der Waals surface area contributed by atoms with E-state index in [2.05, 4.69) is 54.3 Å². The molecular weight excluding hydrogens is 275 g/mol. The van der Waals surface area contributed by atoms with Crippen molar-refractivity contribution >= 4 is 18.5 Å². The largest absolute Gasteiger partial charge is 0.386 e. The number of rotatable bonds is 6. The highest BCUT2D eigenvalue weighted by molar-refractivity contribution is 7.75. The van der Waals surface area contributed by atoms with Gasteiger partial charge in [-0.1, -0.05) is 86.4 Å². The first-order chi connectivity index (χ1) is 10.2. The van der Waals surface area contributed by atoms with Crippen LogP contribution in [0.1, 0.15) is 26.7 Å². The van der Waals surface area contributed by atoms with Gasteiger partial charge in [-0.15, -0.1) is 0 Å². The van der Waals surface area contributed by atoms with E-state index in [0.29, 0.717) is 0 Å². The minimum Gasteiger partial charge on any atom is -0.386 e. The van der Waals surface area contributed by atoms with E-state index in [1.807, 2.05) is 32.1 Å². The molecule has 0 aliphatic rings. The van der Waals surface area contributed by atoms with Crippen molar-refractivity contribution in [2.45, 2.75) is 32.3 Å². The molecule has 2 aromatic carbocycles. The van der Waals surface area contributed by atoms with E-state index in [1.165, 1.54) is 10.6 Å². The van der Waals surface area contributed by atoms with Crippen LogP contribution >= 0.6 is 7.92 Å². The van der Waals surface area contributed by atoms with Crippen molar-refractivity contribution in [1.82, 2.24) is 0 Å². The number of aliphatic hydroxyl groups is 1.